The number of likely N-dealkylation sites (N-methyl/N-ethyl adjacent to an activating group) is 1. The van der Waals surface area contributed by atoms with E-state index in [2.05, 4.69) is 29.1 Å². The van der Waals surface area contributed by atoms with E-state index < -0.39 is 0 Å². The maximum Gasteiger partial charge on any atom is 0.137 e. The van der Waals surface area contributed by atoms with E-state index >= 15 is 0 Å². The van der Waals surface area contributed by atoms with Gasteiger partial charge in [0.2, 0.25) is 0 Å². The largest absolute Gasteiger partial charge is 0.305 e. The second kappa shape index (κ2) is 6.64. The van der Waals surface area contributed by atoms with Crippen LogP contribution < -0.4 is 0 Å². The number of pyridine rings is 1. The van der Waals surface area contributed by atoms with Crippen molar-refractivity contribution in [3.05, 3.63) is 30.1 Å². The molecule has 0 aliphatic heterocycles. The standard InChI is InChI=1S/C15H22N2O/c1-17(11-8-13-6-9-16-10-7-13)12-14-4-2-3-5-15(14)18/h6-7,9-10,14H,2-5,8,11-12H2,1H3. The molecular formula is C15H22N2O. The summed E-state index contributed by atoms with van der Waals surface area (Å²) >= 11 is 0. The predicted octanol–water partition coefficient (Wildman–Crippen LogP) is 2.32. The van der Waals surface area contributed by atoms with Crippen LogP contribution in [-0.4, -0.2) is 35.8 Å². The monoisotopic (exact) mass is 246 g/mol. The Morgan fingerprint density at radius 2 is 2.11 bits per heavy atom. The second-order valence-corrected chi connectivity index (χ2v) is 5.28. The summed E-state index contributed by atoms with van der Waals surface area (Å²) in [6.45, 7) is 1.93. The predicted molar refractivity (Wildman–Crippen MR) is 72.4 cm³/mol. The van der Waals surface area contributed by atoms with Gasteiger partial charge in [-0.2, -0.15) is 0 Å². The Bertz CT molecular complexity index is 377. The number of ketones is 1. The molecule has 1 fully saturated rings. The zero-order valence-electron chi connectivity index (χ0n) is 11.1. The van der Waals surface area contributed by atoms with Crippen LogP contribution in [0, 0.1) is 5.92 Å². The molecule has 2 rings (SSSR count). The molecule has 1 saturated carbocycles. The van der Waals surface area contributed by atoms with Gasteiger partial charge >= 0.3 is 0 Å². The first-order valence-electron chi connectivity index (χ1n) is 6.86. The Balaban J connectivity index is 1.74. The third-order valence-electron chi connectivity index (χ3n) is 3.74. The van der Waals surface area contributed by atoms with Crippen LogP contribution in [0.4, 0.5) is 0 Å². The van der Waals surface area contributed by atoms with E-state index in [1.165, 1.54) is 12.0 Å². The molecule has 0 amide bonds. The van der Waals surface area contributed by atoms with Crippen molar-refractivity contribution in [1.29, 1.82) is 0 Å². The third-order valence-corrected chi connectivity index (χ3v) is 3.74. The van der Waals surface area contributed by atoms with Crippen LogP contribution in [0.2, 0.25) is 0 Å². The molecule has 0 radical (unpaired) electrons. The van der Waals surface area contributed by atoms with Crippen LogP contribution in [0.25, 0.3) is 0 Å². The Hall–Kier alpha value is -1.22. The molecule has 1 unspecified atom stereocenters. The van der Waals surface area contributed by atoms with Gasteiger partial charge in [0.1, 0.15) is 5.78 Å². The fraction of sp³-hybridized carbons (Fsp3) is 0.600. The minimum atomic E-state index is 0.279. The van der Waals surface area contributed by atoms with Crippen LogP contribution >= 0.6 is 0 Å². The summed E-state index contributed by atoms with van der Waals surface area (Å²) in [6, 6.07) is 4.11. The van der Waals surface area contributed by atoms with Gasteiger partial charge in [0.05, 0.1) is 0 Å². The van der Waals surface area contributed by atoms with Gasteiger partial charge in [-0.25, -0.2) is 0 Å². The lowest BCUT2D eigenvalue weighted by Crippen LogP contribution is -2.33. The first kappa shape index (κ1) is 13.2. The lowest BCUT2D eigenvalue weighted by atomic mass is 9.87. The van der Waals surface area contributed by atoms with E-state index in [0.717, 1.165) is 38.8 Å². The number of carbonyl (C=O) groups excluding carboxylic acids is 1. The van der Waals surface area contributed by atoms with Crippen molar-refractivity contribution in [2.24, 2.45) is 5.92 Å². The van der Waals surface area contributed by atoms with Crippen molar-refractivity contribution < 1.29 is 4.79 Å². The third kappa shape index (κ3) is 3.91. The molecule has 1 heterocycles. The van der Waals surface area contributed by atoms with Crippen LogP contribution in [-0.2, 0) is 11.2 Å². The Kier molecular flexibility index (Phi) is 4.88. The average molecular weight is 246 g/mol. The molecule has 3 heteroatoms. The van der Waals surface area contributed by atoms with Crippen molar-refractivity contribution in [3.63, 3.8) is 0 Å². The molecule has 18 heavy (non-hydrogen) atoms. The highest BCUT2D eigenvalue weighted by Crippen LogP contribution is 2.21. The normalized spacial score (nSPS) is 20.3. The number of carbonyl (C=O) groups is 1. The highest BCUT2D eigenvalue weighted by atomic mass is 16.1. The molecule has 0 spiro atoms. The molecule has 0 N–H and O–H groups in total. The van der Waals surface area contributed by atoms with Crippen molar-refractivity contribution >= 4 is 5.78 Å². The smallest absolute Gasteiger partial charge is 0.137 e. The molecule has 0 saturated heterocycles. The van der Waals surface area contributed by atoms with Crippen LogP contribution in [0.1, 0.15) is 31.2 Å². The summed E-state index contributed by atoms with van der Waals surface area (Å²) in [5.41, 5.74) is 1.31. The van der Waals surface area contributed by atoms with E-state index in [9.17, 15) is 4.79 Å². The lowest BCUT2D eigenvalue weighted by molar-refractivity contribution is -0.125. The SMILES string of the molecule is CN(CCc1ccncc1)CC1CCCCC1=O. The zero-order valence-corrected chi connectivity index (χ0v) is 11.1. The average Bonchev–Trinajstić information content (AvgIpc) is 2.40. The fourth-order valence-electron chi connectivity index (χ4n) is 2.59. The lowest BCUT2D eigenvalue weighted by Gasteiger charge is -2.25. The molecule has 0 bridgehead atoms. The molecule has 98 valence electrons. The molecule has 0 aromatic carbocycles. The minimum absolute atomic E-state index is 0.279. The molecule has 3 nitrogen and oxygen atoms in total. The Morgan fingerprint density at radius 3 is 2.83 bits per heavy atom. The first-order valence-corrected chi connectivity index (χ1v) is 6.86. The van der Waals surface area contributed by atoms with Gasteiger partial charge in [0, 0.05) is 37.8 Å². The van der Waals surface area contributed by atoms with Crippen molar-refractivity contribution in [2.45, 2.75) is 32.1 Å². The van der Waals surface area contributed by atoms with Gasteiger partial charge in [0.15, 0.2) is 0 Å². The second-order valence-electron chi connectivity index (χ2n) is 5.28. The topological polar surface area (TPSA) is 33.2 Å². The Morgan fingerprint density at radius 1 is 1.33 bits per heavy atom. The van der Waals surface area contributed by atoms with Gasteiger partial charge in [-0.05, 0) is 44.0 Å². The summed E-state index contributed by atoms with van der Waals surface area (Å²) in [5, 5.41) is 0. The quantitative estimate of drug-likeness (QED) is 0.799. The van der Waals surface area contributed by atoms with Crippen molar-refractivity contribution in [1.82, 2.24) is 9.88 Å². The minimum Gasteiger partial charge on any atom is -0.305 e. The number of hydrogen-bond donors (Lipinski definition) is 0. The summed E-state index contributed by atoms with van der Waals surface area (Å²) in [5.74, 6) is 0.748. The van der Waals surface area contributed by atoms with Crippen LogP contribution in [0.15, 0.2) is 24.5 Å². The maximum atomic E-state index is 11.8. The highest BCUT2D eigenvalue weighted by molar-refractivity contribution is 5.81. The van der Waals surface area contributed by atoms with Gasteiger partial charge in [0.25, 0.3) is 0 Å². The van der Waals surface area contributed by atoms with Crippen molar-refractivity contribution in [2.75, 3.05) is 20.1 Å². The number of nitrogens with zero attached hydrogens (tertiary/aromatic N) is 2. The summed E-state index contributed by atoms with van der Waals surface area (Å²) in [6.07, 6.45) is 8.88. The Labute approximate surface area is 109 Å². The van der Waals surface area contributed by atoms with E-state index in [0.29, 0.717) is 5.78 Å². The van der Waals surface area contributed by atoms with E-state index in [4.69, 9.17) is 0 Å². The number of Topliss-reactive ketones (excluding diaryl/α,β-unsaturated/α-hetero) is 1. The molecule has 1 atom stereocenters. The fourth-order valence-corrected chi connectivity index (χ4v) is 2.59. The van der Waals surface area contributed by atoms with Crippen molar-refractivity contribution in [3.8, 4) is 0 Å². The van der Waals surface area contributed by atoms with Gasteiger partial charge in [-0.1, -0.05) is 6.42 Å². The van der Waals surface area contributed by atoms with Gasteiger partial charge in [-0.15, -0.1) is 0 Å². The molecule has 1 aliphatic rings. The first-order chi connectivity index (χ1) is 8.75. The van der Waals surface area contributed by atoms with Gasteiger partial charge in [-0.3, -0.25) is 9.78 Å². The number of hydrogen-bond acceptors (Lipinski definition) is 3. The molecule has 1 aliphatic carbocycles. The van der Waals surface area contributed by atoms with Crippen LogP contribution in [0.5, 0.6) is 0 Å². The van der Waals surface area contributed by atoms with E-state index in [1.54, 1.807) is 0 Å². The molecular weight excluding hydrogens is 224 g/mol. The molecule has 1 aromatic heterocycles. The highest BCUT2D eigenvalue weighted by Gasteiger charge is 2.22. The summed E-state index contributed by atoms with van der Waals surface area (Å²) in [4.78, 5) is 18.1. The van der Waals surface area contributed by atoms with E-state index in [-0.39, 0.29) is 5.92 Å². The number of rotatable bonds is 5. The maximum absolute atomic E-state index is 11.8. The molecule has 1 aromatic rings. The van der Waals surface area contributed by atoms with E-state index in [1.807, 2.05) is 12.4 Å². The summed E-state index contributed by atoms with van der Waals surface area (Å²) in [7, 11) is 2.11. The summed E-state index contributed by atoms with van der Waals surface area (Å²) < 4.78 is 0. The number of aromatic nitrogens is 1. The zero-order chi connectivity index (χ0) is 12.8. The van der Waals surface area contributed by atoms with Crippen LogP contribution in [0.3, 0.4) is 0 Å². The van der Waals surface area contributed by atoms with Gasteiger partial charge < -0.3 is 4.90 Å².